The first kappa shape index (κ1) is 18.1. The molecule has 0 unspecified atom stereocenters. The van der Waals surface area contributed by atoms with Gasteiger partial charge in [0.15, 0.2) is 12.4 Å². The van der Waals surface area contributed by atoms with Gasteiger partial charge in [-0.05, 0) is 70.1 Å². The Balaban J connectivity index is 1.37. The van der Waals surface area contributed by atoms with Crippen LogP contribution in [-0.4, -0.2) is 33.1 Å². The molecule has 8 heteroatoms. The van der Waals surface area contributed by atoms with Crippen molar-refractivity contribution in [3.63, 3.8) is 0 Å². The lowest BCUT2D eigenvalue weighted by atomic mass is 9.48. The quantitative estimate of drug-likeness (QED) is 0.430. The first-order chi connectivity index (χ1) is 12.8. The molecule has 4 aliphatic carbocycles. The molecule has 27 heavy (non-hydrogen) atoms. The highest BCUT2D eigenvalue weighted by Crippen LogP contribution is 2.60. The van der Waals surface area contributed by atoms with Gasteiger partial charge in [-0.2, -0.15) is 5.10 Å². The molecule has 4 bridgehead atoms. The maximum atomic E-state index is 12.9. The van der Waals surface area contributed by atoms with Gasteiger partial charge >= 0.3 is 11.7 Å². The number of esters is 1. The number of carbonyl (C=O) groups excluding carboxylic acids is 2. The highest BCUT2D eigenvalue weighted by Gasteiger charge is 2.54. The summed E-state index contributed by atoms with van der Waals surface area (Å²) in [7, 11) is 0. The van der Waals surface area contributed by atoms with E-state index in [1.807, 2.05) is 0 Å². The fourth-order valence-electron chi connectivity index (χ4n) is 6.02. The predicted molar refractivity (Wildman–Crippen MR) is 94.9 cm³/mol. The zero-order chi connectivity index (χ0) is 19.3. The number of aryl methyl sites for hydroxylation is 1. The lowest BCUT2D eigenvalue weighted by molar-refractivity contribution is -0.386. The molecule has 0 radical (unpaired) electrons. The average molecular weight is 375 g/mol. The van der Waals surface area contributed by atoms with Crippen LogP contribution in [0, 0.1) is 47.1 Å². The number of nitro groups is 1. The Kier molecular flexibility index (Phi) is 4.31. The van der Waals surface area contributed by atoms with E-state index in [4.69, 9.17) is 4.74 Å². The smallest absolute Gasteiger partial charge is 0.328 e. The highest BCUT2D eigenvalue weighted by molar-refractivity contribution is 5.88. The molecule has 5 rings (SSSR count). The SMILES string of the molecule is Cc1nn(CC(=O)OCC(=O)C23CC4CC(CC(C4)C2)C3)c(C)c1[N+](=O)[O-]. The summed E-state index contributed by atoms with van der Waals surface area (Å²) in [5, 5.41) is 15.1. The van der Waals surface area contributed by atoms with Crippen molar-refractivity contribution in [1.29, 1.82) is 0 Å². The van der Waals surface area contributed by atoms with E-state index in [1.165, 1.54) is 30.9 Å². The van der Waals surface area contributed by atoms with Crippen molar-refractivity contribution in [2.75, 3.05) is 6.61 Å². The summed E-state index contributed by atoms with van der Waals surface area (Å²) in [5.41, 5.74) is 0.190. The maximum Gasteiger partial charge on any atom is 0.328 e. The molecule has 8 nitrogen and oxygen atoms in total. The van der Waals surface area contributed by atoms with Crippen LogP contribution in [-0.2, 0) is 20.9 Å². The van der Waals surface area contributed by atoms with E-state index in [1.54, 1.807) is 6.92 Å². The summed E-state index contributed by atoms with van der Waals surface area (Å²) in [6, 6.07) is 0. The van der Waals surface area contributed by atoms with Gasteiger partial charge in [0.1, 0.15) is 17.9 Å². The predicted octanol–water partition coefficient (Wildman–Crippen LogP) is 2.74. The molecule has 4 aliphatic rings. The topological polar surface area (TPSA) is 104 Å². The van der Waals surface area contributed by atoms with E-state index in [0.717, 1.165) is 19.3 Å². The first-order valence-electron chi connectivity index (χ1n) is 9.65. The summed E-state index contributed by atoms with van der Waals surface area (Å²) in [6.07, 6.45) is 6.59. The number of hydrogen-bond donors (Lipinski definition) is 0. The number of Topliss-reactive ketones (excluding diaryl/α,β-unsaturated/α-hetero) is 1. The second kappa shape index (κ2) is 6.42. The molecule has 1 heterocycles. The van der Waals surface area contributed by atoms with E-state index < -0.39 is 10.9 Å². The lowest BCUT2D eigenvalue weighted by Crippen LogP contribution is -2.51. The van der Waals surface area contributed by atoms with Crippen molar-refractivity contribution in [2.45, 2.75) is 58.9 Å². The maximum absolute atomic E-state index is 12.9. The van der Waals surface area contributed by atoms with E-state index in [0.29, 0.717) is 23.4 Å². The van der Waals surface area contributed by atoms with Crippen LogP contribution in [0.1, 0.15) is 49.9 Å². The van der Waals surface area contributed by atoms with Crippen LogP contribution >= 0.6 is 0 Å². The van der Waals surface area contributed by atoms with E-state index >= 15 is 0 Å². The molecule has 0 N–H and O–H groups in total. The van der Waals surface area contributed by atoms with Crippen molar-refractivity contribution in [3.8, 4) is 0 Å². The molecule has 0 aromatic carbocycles. The summed E-state index contributed by atoms with van der Waals surface area (Å²) in [5.74, 6) is 1.44. The number of carbonyl (C=O) groups is 2. The average Bonchev–Trinajstić information content (AvgIpc) is 2.85. The molecule has 0 saturated heterocycles. The second-order valence-corrected chi connectivity index (χ2v) is 8.72. The van der Waals surface area contributed by atoms with E-state index in [9.17, 15) is 19.7 Å². The van der Waals surface area contributed by atoms with Crippen LogP contribution in [0.3, 0.4) is 0 Å². The molecule has 1 aromatic heterocycles. The van der Waals surface area contributed by atoms with Gasteiger partial charge in [0.05, 0.1) is 4.92 Å². The zero-order valence-corrected chi connectivity index (χ0v) is 15.8. The Hall–Kier alpha value is -2.25. The van der Waals surface area contributed by atoms with Crippen molar-refractivity contribution in [3.05, 3.63) is 21.5 Å². The van der Waals surface area contributed by atoms with E-state index in [2.05, 4.69) is 5.10 Å². The van der Waals surface area contributed by atoms with Crippen molar-refractivity contribution in [1.82, 2.24) is 9.78 Å². The molecular formula is C19H25N3O5. The van der Waals surface area contributed by atoms with E-state index in [-0.39, 0.29) is 35.7 Å². The molecule has 0 spiro atoms. The van der Waals surface area contributed by atoms with Gasteiger partial charge < -0.3 is 4.74 Å². The number of rotatable bonds is 6. The molecular weight excluding hydrogens is 350 g/mol. The van der Waals surface area contributed by atoms with Crippen molar-refractivity contribution in [2.24, 2.45) is 23.2 Å². The van der Waals surface area contributed by atoms with Gasteiger partial charge in [0.2, 0.25) is 0 Å². The van der Waals surface area contributed by atoms with Gasteiger partial charge in [-0.1, -0.05) is 0 Å². The molecule has 4 saturated carbocycles. The summed E-state index contributed by atoms with van der Waals surface area (Å²) in [4.78, 5) is 35.6. The van der Waals surface area contributed by atoms with Crippen LogP contribution in [0.5, 0.6) is 0 Å². The summed E-state index contributed by atoms with van der Waals surface area (Å²) < 4.78 is 6.51. The third kappa shape index (κ3) is 3.15. The number of hydrogen-bond acceptors (Lipinski definition) is 6. The number of nitrogens with zero attached hydrogens (tertiary/aromatic N) is 3. The molecule has 0 amide bonds. The second-order valence-electron chi connectivity index (χ2n) is 8.72. The Bertz CT molecular complexity index is 777. The number of aromatic nitrogens is 2. The first-order valence-corrected chi connectivity index (χ1v) is 9.65. The largest absolute Gasteiger partial charge is 0.456 e. The van der Waals surface area contributed by atoms with Crippen LogP contribution in [0.4, 0.5) is 5.69 Å². The van der Waals surface area contributed by atoms with Crippen molar-refractivity contribution >= 4 is 17.4 Å². The summed E-state index contributed by atoms with van der Waals surface area (Å²) >= 11 is 0. The van der Waals surface area contributed by atoms with Crippen LogP contribution in [0.15, 0.2) is 0 Å². The fourth-order valence-corrected chi connectivity index (χ4v) is 6.02. The number of ether oxygens (including phenoxy) is 1. The van der Waals surface area contributed by atoms with Crippen molar-refractivity contribution < 1.29 is 19.2 Å². The standard InChI is InChI=1S/C19H25N3O5/c1-11-18(22(25)26)12(2)21(20-11)9-17(24)27-10-16(23)19-6-13-3-14(7-19)5-15(4-13)8-19/h13-15H,3-10H2,1-2H3. The highest BCUT2D eigenvalue weighted by atomic mass is 16.6. The molecule has 0 aliphatic heterocycles. The fraction of sp³-hybridized carbons (Fsp3) is 0.737. The normalized spacial score (nSPS) is 31.1. The van der Waals surface area contributed by atoms with Crippen LogP contribution < -0.4 is 0 Å². The molecule has 0 atom stereocenters. The Morgan fingerprint density at radius 2 is 1.74 bits per heavy atom. The third-order valence-corrected chi connectivity index (χ3v) is 6.80. The monoisotopic (exact) mass is 375 g/mol. The van der Waals surface area contributed by atoms with Gasteiger partial charge in [-0.15, -0.1) is 0 Å². The minimum Gasteiger partial charge on any atom is -0.456 e. The Morgan fingerprint density at radius 1 is 1.19 bits per heavy atom. The van der Waals surface area contributed by atoms with Crippen LogP contribution in [0.25, 0.3) is 0 Å². The molecule has 146 valence electrons. The zero-order valence-electron chi connectivity index (χ0n) is 15.8. The minimum atomic E-state index is -0.589. The lowest BCUT2D eigenvalue weighted by Gasteiger charge is -2.55. The van der Waals surface area contributed by atoms with Crippen LogP contribution in [0.2, 0.25) is 0 Å². The molecule has 1 aromatic rings. The van der Waals surface area contributed by atoms with Gasteiger partial charge in [0.25, 0.3) is 0 Å². The van der Waals surface area contributed by atoms with Gasteiger partial charge in [-0.25, -0.2) is 0 Å². The minimum absolute atomic E-state index is 0.0503. The Labute approximate surface area is 157 Å². The summed E-state index contributed by atoms with van der Waals surface area (Å²) in [6.45, 7) is 2.65. The van der Waals surface area contributed by atoms with Gasteiger partial charge in [-0.3, -0.25) is 24.4 Å². The number of ketones is 1. The van der Waals surface area contributed by atoms with Gasteiger partial charge in [0, 0.05) is 5.41 Å². The third-order valence-electron chi connectivity index (χ3n) is 6.80. The Morgan fingerprint density at radius 3 is 2.22 bits per heavy atom. The molecule has 4 fully saturated rings.